The quantitative estimate of drug-likeness (QED) is 0.782. The van der Waals surface area contributed by atoms with Crippen LogP contribution < -0.4 is 5.73 Å². The maximum atomic E-state index is 5.84. The second-order valence-electron chi connectivity index (χ2n) is 4.01. The Morgan fingerprint density at radius 1 is 1.47 bits per heavy atom. The summed E-state index contributed by atoms with van der Waals surface area (Å²) in [6.45, 7) is 3.62. The lowest BCUT2D eigenvalue weighted by Crippen LogP contribution is -2.29. The van der Waals surface area contributed by atoms with Crippen molar-refractivity contribution < 1.29 is 4.52 Å². The molecule has 0 aliphatic heterocycles. The first-order valence-electron chi connectivity index (χ1n) is 4.59. The molecule has 2 N–H and O–H groups in total. The van der Waals surface area contributed by atoms with Gasteiger partial charge in [0.15, 0.2) is 5.82 Å². The van der Waals surface area contributed by atoms with Gasteiger partial charge in [0.1, 0.15) is 0 Å². The van der Waals surface area contributed by atoms with Crippen LogP contribution in [0.3, 0.4) is 0 Å². The van der Waals surface area contributed by atoms with E-state index in [1.54, 1.807) is 6.20 Å². The molecule has 2 aromatic heterocycles. The van der Waals surface area contributed by atoms with Crippen molar-refractivity contribution in [2.75, 3.05) is 0 Å². The molecule has 6 heteroatoms. The lowest BCUT2D eigenvalue weighted by atomic mass is 10.1. The molecule has 0 spiro atoms. The Labute approximate surface area is 87.1 Å². The first kappa shape index (κ1) is 9.85. The van der Waals surface area contributed by atoms with Gasteiger partial charge in [-0.1, -0.05) is 5.16 Å². The number of hydrogen-bond acceptors (Lipinski definition) is 5. The van der Waals surface area contributed by atoms with Gasteiger partial charge in [-0.3, -0.25) is 0 Å². The molecule has 2 rings (SSSR count). The average Bonchev–Trinajstić information content (AvgIpc) is 2.69. The molecule has 80 valence electrons. The number of imidazole rings is 1. The normalized spacial score (nSPS) is 12.0. The van der Waals surface area contributed by atoms with E-state index in [4.69, 9.17) is 10.3 Å². The Bertz CT molecular complexity index is 465. The SMILES string of the molecule is Cn1ccnc1-c1noc(C(C)(C)N)n1. The van der Waals surface area contributed by atoms with Crippen molar-refractivity contribution in [1.82, 2.24) is 19.7 Å². The van der Waals surface area contributed by atoms with E-state index in [2.05, 4.69) is 15.1 Å². The van der Waals surface area contributed by atoms with Gasteiger partial charge in [0, 0.05) is 19.4 Å². The van der Waals surface area contributed by atoms with Gasteiger partial charge in [-0.25, -0.2) is 4.98 Å². The van der Waals surface area contributed by atoms with Crippen LogP contribution in [-0.4, -0.2) is 19.7 Å². The molecular weight excluding hydrogens is 194 g/mol. The summed E-state index contributed by atoms with van der Waals surface area (Å²) >= 11 is 0. The smallest absolute Gasteiger partial charge is 0.246 e. The lowest BCUT2D eigenvalue weighted by Gasteiger charge is -2.10. The molecule has 0 aliphatic carbocycles. The fourth-order valence-corrected chi connectivity index (χ4v) is 1.16. The molecule has 0 bridgehead atoms. The van der Waals surface area contributed by atoms with Gasteiger partial charge in [-0.2, -0.15) is 4.98 Å². The molecule has 0 saturated heterocycles. The third-order valence-electron chi connectivity index (χ3n) is 2.00. The number of aromatic nitrogens is 4. The standard InChI is InChI=1S/C9H13N5O/c1-9(2,10)8-12-6(13-15-8)7-11-4-5-14(7)3/h4-5H,10H2,1-3H3. The van der Waals surface area contributed by atoms with Crippen molar-refractivity contribution in [2.45, 2.75) is 19.4 Å². The zero-order valence-corrected chi connectivity index (χ0v) is 8.93. The molecule has 0 fully saturated rings. The van der Waals surface area contributed by atoms with E-state index in [0.717, 1.165) is 0 Å². The molecule has 0 amide bonds. The fourth-order valence-electron chi connectivity index (χ4n) is 1.16. The molecule has 0 aromatic carbocycles. The van der Waals surface area contributed by atoms with Crippen molar-refractivity contribution in [3.05, 3.63) is 18.3 Å². The minimum absolute atomic E-state index is 0.403. The second kappa shape index (κ2) is 3.16. The fraction of sp³-hybridized carbons (Fsp3) is 0.444. The van der Waals surface area contributed by atoms with Crippen molar-refractivity contribution in [3.8, 4) is 11.6 Å². The van der Waals surface area contributed by atoms with E-state index in [9.17, 15) is 0 Å². The van der Waals surface area contributed by atoms with Gasteiger partial charge in [-0.15, -0.1) is 0 Å². The van der Waals surface area contributed by atoms with Gasteiger partial charge in [0.25, 0.3) is 0 Å². The zero-order valence-electron chi connectivity index (χ0n) is 8.93. The van der Waals surface area contributed by atoms with Gasteiger partial charge < -0.3 is 14.8 Å². The van der Waals surface area contributed by atoms with Crippen LogP contribution in [0.2, 0.25) is 0 Å². The Hall–Kier alpha value is -1.69. The van der Waals surface area contributed by atoms with Crippen LogP contribution in [0.5, 0.6) is 0 Å². The zero-order chi connectivity index (χ0) is 11.1. The van der Waals surface area contributed by atoms with E-state index in [0.29, 0.717) is 17.5 Å². The highest BCUT2D eigenvalue weighted by atomic mass is 16.5. The second-order valence-corrected chi connectivity index (χ2v) is 4.01. The molecule has 0 unspecified atom stereocenters. The number of nitrogens with zero attached hydrogens (tertiary/aromatic N) is 4. The molecule has 15 heavy (non-hydrogen) atoms. The average molecular weight is 207 g/mol. The molecular formula is C9H13N5O. The summed E-state index contributed by atoms with van der Waals surface area (Å²) in [5.41, 5.74) is 5.21. The molecule has 0 radical (unpaired) electrons. The monoisotopic (exact) mass is 207 g/mol. The van der Waals surface area contributed by atoms with Crippen molar-refractivity contribution in [1.29, 1.82) is 0 Å². The van der Waals surface area contributed by atoms with Crippen LogP contribution in [0.25, 0.3) is 11.6 Å². The molecule has 2 heterocycles. The van der Waals surface area contributed by atoms with E-state index >= 15 is 0 Å². The van der Waals surface area contributed by atoms with Crippen LogP contribution in [0.1, 0.15) is 19.7 Å². The van der Waals surface area contributed by atoms with Crippen LogP contribution >= 0.6 is 0 Å². The molecule has 6 nitrogen and oxygen atoms in total. The maximum Gasteiger partial charge on any atom is 0.246 e. The van der Waals surface area contributed by atoms with Crippen molar-refractivity contribution >= 4 is 0 Å². The van der Waals surface area contributed by atoms with E-state index in [-0.39, 0.29) is 0 Å². The van der Waals surface area contributed by atoms with Crippen LogP contribution in [0.15, 0.2) is 16.9 Å². The topological polar surface area (TPSA) is 82.8 Å². The Balaban J connectivity index is 2.41. The Morgan fingerprint density at radius 2 is 2.20 bits per heavy atom. The van der Waals surface area contributed by atoms with E-state index < -0.39 is 5.54 Å². The van der Waals surface area contributed by atoms with Gasteiger partial charge in [0.05, 0.1) is 5.54 Å². The van der Waals surface area contributed by atoms with Crippen molar-refractivity contribution in [3.63, 3.8) is 0 Å². The largest absolute Gasteiger partial charge is 0.337 e. The first-order chi connectivity index (χ1) is 6.98. The summed E-state index contributed by atoms with van der Waals surface area (Å²) in [6, 6.07) is 0. The predicted molar refractivity (Wildman–Crippen MR) is 53.7 cm³/mol. The van der Waals surface area contributed by atoms with Crippen LogP contribution in [-0.2, 0) is 12.6 Å². The summed E-state index contributed by atoms with van der Waals surface area (Å²) < 4.78 is 6.89. The Morgan fingerprint density at radius 3 is 2.67 bits per heavy atom. The maximum absolute atomic E-state index is 5.84. The minimum Gasteiger partial charge on any atom is -0.337 e. The van der Waals surface area contributed by atoms with E-state index in [1.165, 1.54) is 0 Å². The number of hydrogen-bond donors (Lipinski definition) is 1. The third kappa shape index (κ3) is 1.75. The number of nitrogens with two attached hydrogens (primary N) is 1. The molecule has 0 atom stereocenters. The predicted octanol–water partition coefficient (Wildman–Crippen LogP) is 0.664. The van der Waals surface area contributed by atoms with Crippen LogP contribution in [0.4, 0.5) is 0 Å². The molecule has 2 aromatic rings. The summed E-state index contributed by atoms with van der Waals surface area (Å²) in [7, 11) is 1.87. The highest BCUT2D eigenvalue weighted by molar-refractivity contribution is 5.42. The highest BCUT2D eigenvalue weighted by Gasteiger charge is 2.23. The summed E-state index contributed by atoms with van der Waals surface area (Å²) in [4.78, 5) is 8.32. The molecule has 0 saturated carbocycles. The van der Waals surface area contributed by atoms with Gasteiger partial charge in [0.2, 0.25) is 11.7 Å². The Kier molecular flexibility index (Phi) is 2.08. The summed E-state index contributed by atoms with van der Waals surface area (Å²) in [5.74, 6) is 1.52. The summed E-state index contributed by atoms with van der Waals surface area (Å²) in [6.07, 6.45) is 3.50. The lowest BCUT2D eigenvalue weighted by molar-refractivity contribution is 0.312. The van der Waals surface area contributed by atoms with Gasteiger partial charge in [-0.05, 0) is 13.8 Å². The summed E-state index contributed by atoms with van der Waals surface area (Å²) in [5, 5.41) is 3.84. The van der Waals surface area contributed by atoms with Crippen molar-refractivity contribution in [2.24, 2.45) is 12.8 Å². The number of rotatable bonds is 2. The van der Waals surface area contributed by atoms with Gasteiger partial charge >= 0.3 is 0 Å². The molecule has 0 aliphatic rings. The highest BCUT2D eigenvalue weighted by Crippen LogP contribution is 2.18. The first-order valence-corrected chi connectivity index (χ1v) is 4.59. The number of aryl methyl sites for hydroxylation is 1. The van der Waals surface area contributed by atoms with Crippen LogP contribution in [0, 0.1) is 0 Å². The third-order valence-corrected chi connectivity index (χ3v) is 2.00. The van der Waals surface area contributed by atoms with E-state index in [1.807, 2.05) is 31.7 Å². The minimum atomic E-state index is -0.629.